The summed E-state index contributed by atoms with van der Waals surface area (Å²) in [5, 5.41) is 12.3. The number of hydrogen-bond donors (Lipinski definition) is 2. The second-order valence-electron chi connectivity index (χ2n) is 4.21. The van der Waals surface area contributed by atoms with E-state index in [0.717, 1.165) is 15.6 Å². The van der Waals surface area contributed by atoms with E-state index in [1.54, 1.807) is 19.1 Å². The van der Waals surface area contributed by atoms with Gasteiger partial charge in [-0.05, 0) is 49.2 Å². The van der Waals surface area contributed by atoms with Gasteiger partial charge in [0.15, 0.2) is 0 Å². The van der Waals surface area contributed by atoms with Crippen LogP contribution in [-0.2, 0) is 6.42 Å². The van der Waals surface area contributed by atoms with Gasteiger partial charge >= 0.3 is 0 Å². The summed E-state index contributed by atoms with van der Waals surface area (Å²) < 4.78 is 0.760. The molecule has 0 unspecified atom stereocenters. The van der Waals surface area contributed by atoms with Gasteiger partial charge in [-0.1, -0.05) is 11.6 Å². The zero-order valence-corrected chi connectivity index (χ0v) is 12.0. The van der Waals surface area contributed by atoms with Crippen LogP contribution < -0.4 is 5.32 Å². The second-order valence-corrected chi connectivity index (χ2v) is 6.01. The molecule has 0 aliphatic carbocycles. The maximum Gasteiger partial charge on any atom is 0.251 e. The zero-order chi connectivity index (χ0) is 13.8. The highest BCUT2D eigenvalue weighted by Gasteiger charge is 2.07. The molecule has 0 aliphatic heterocycles. The van der Waals surface area contributed by atoms with E-state index in [2.05, 4.69) is 5.32 Å². The number of hydrogen-bond acceptors (Lipinski definition) is 3. The first kappa shape index (κ1) is 13.9. The fourth-order valence-corrected chi connectivity index (χ4v) is 2.77. The number of halogens is 1. The van der Waals surface area contributed by atoms with Crippen molar-refractivity contribution in [1.29, 1.82) is 0 Å². The number of benzene rings is 1. The molecule has 0 aliphatic rings. The number of aryl methyl sites for hydroxylation is 1. The van der Waals surface area contributed by atoms with Crippen LogP contribution in [0.15, 0.2) is 30.3 Å². The molecule has 2 aromatic rings. The Morgan fingerprint density at radius 3 is 2.79 bits per heavy atom. The van der Waals surface area contributed by atoms with Gasteiger partial charge in [-0.3, -0.25) is 4.79 Å². The number of nitrogens with one attached hydrogen (secondary N) is 1. The summed E-state index contributed by atoms with van der Waals surface area (Å²) in [6.45, 7) is 2.33. The predicted octanol–water partition coefficient (Wildman–Crippen LogP) is 3.39. The molecule has 1 aromatic carbocycles. The minimum atomic E-state index is -0.134. The molecule has 19 heavy (non-hydrogen) atoms. The standard InChI is InChI=1S/C14H14ClNO2S/c1-9-8-10(2-4-12(9)17)14(18)16-7-6-11-3-5-13(15)19-11/h2-5,8,17H,6-7H2,1H3,(H,16,18). The molecule has 1 amide bonds. The van der Waals surface area contributed by atoms with Crippen LogP contribution >= 0.6 is 22.9 Å². The number of phenolic OH excluding ortho intramolecular Hbond substituents is 1. The minimum absolute atomic E-state index is 0.134. The summed E-state index contributed by atoms with van der Waals surface area (Å²) >= 11 is 7.36. The molecular formula is C14H14ClNO2S. The van der Waals surface area contributed by atoms with Gasteiger partial charge in [0.1, 0.15) is 5.75 Å². The Hall–Kier alpha value is -1.52. The third-order valence-electron chi connectivity index (χ3n) is 2.74. The molecular weight excluding hydrogens is 282 g/mol. The van der Waals surface area contributed by atoms with E-state index in [1.807, 2.05) is 12.1 Å². The molecule has 0 radical (unpaired) electrons. The molecule has 0 spiro atoms. The van der Waals surface area contributed by atoms with Crippen LogP contribution in [0.4, 0.5) is 0 Å². The van der Waals surface area contributed by atoms with E-state index in [0.29, 0.717) is 17.7 Å². The lowest BCUT2D eigenvalue weighted by atomic mass is 10.1. The smallest absolute Gasteiger partial charge is 0.251 e. The summed E-state index contributed by atoms with van der Waals surface area (Å²) in [5.74, 6) is 0.0653. The Kier molecular flexibility index (Phi) is 4.45. The minimum Gasteiger partial charge on any atom is -0.508 e. The number of aromatic hydroxyl groups is 1. The van der Waals surface area contributed by atoms with Crippen molar-refractivity contribution in [3.63, 3.8) is 0 Å². The molecule has 2 rings (SSSR count). The maximum absolute atomic E-state index is 11.9. The molecule has 5 heteroatoms. The molecule has 3 nitrogen and oxygen atoms in total. The van der Waals surface area contributed by atoms with Crippen molar-refractivity contribution < 1.29 is 9.90 Å². The van der Waals surface area contributed by atoms with E-state index < -0.39 is 0 Å². The van der Waals surface area contributed by atoms with Gasteiger partial charge in [0, 0.05) is 17.0 Å². The number of rotatable bonds is 4. The Balaban J connectivity index is 1.89. The largest absolute Gasteiger partial charge is 0.508 e. The van der Waals surface area contributed by atoms with Crippen molar-refractivity contribution in [3.05, 3.63) is 50.7 Å². The molecule has 0 bridgehead atoms. The summed E-state index contributed by atoms with van der Waals surface area (Å²) in [7, 11) is 0. The Labute approximate surface area is 120 Å². The molecule has 0 atom stereocenters. The van der Waals surface area contributed by atoms with Crippen molar-refractivity contribution in [2.75, 3.05) is 6.54 Å². The third-order valence-corrected chi connectivity index (χ3v) is 4.04. The second kappa shape index (κ2) is 6.08. The number of amides is 1. The SMILES string of the molecule is Cc1cc(C(=O)NCCc2ccc(Cl)s2)ccc1O. The monoisotopic (exact) mass is 295 g/mol. The van der Waals surface area contributed by atoms with Crippen molar-refractivity contribution in [3.8, 4) is 5.75 Å². The first-order chi connectivity index (χ1) is 9.06. The number of phenols is 1. The molecule has 0 fully saturated rings. The van der Waals surface area contributed by atoms with E-state index in [9.17, 15) is 9.90 Å². The van der Waals surface area contributed by atoms with Gasteiger partial charge in [-0.2, -0.15) is 0 Å². The predicted molar refractivity (Wildman–Crippen MR) is 78.2 cm³/mol. The first-order valence-corrected chi connectivity index (χ1v) is 7.08. The van der Waals surface area contributed by atoms with E-state index in [4.69, 9.17) is 11.6 Å². The lowest BCUT2D eigenvalue weighted by molar-refractivity contribution is 0.0954. The Morgan fingerprint density at radius 1 is 1.37 bits per heavy atom. The van der Waals surface area contributed by atoms with E-state index in [1.165, 1.54) is 17.4 Å². The normalized spacial score (nSPS) is 10.4. The lowest BCUT2D eigenvalue weighted by Crippen LogP contribution is -2.25. The highest BCUT2D eigenvalue weighted by molar-refractivity contribution is 7.16. The summed E-state index contributed by atoms with van der Waals surface area (Å²) in [5.41, 5.74) is 1.25. The van der Waals surface area contributed by atoms with Crippen molar-refractivity contribution in [2.45, 2.75) is 13.3 Å². The van der Waals surface area contributed by atoms with Gasteiger partial charge in [0.25, 0.3) is 5.91 Å². The number of thiophene rings is 1. The molecule has 0 saturated heterocycles. The molecule has 2 N–H and O–H groups in total. The van der Waals surface area contributed by atoms with Crippen LogP contribution in [0.25, 0.3) is 0 Å². The molecule has 1 aromatic heterocycles. The Morgan fingerprint density at radius 2 is 2.16 bits per heavy atom. The fraction of sp³-hybridized carbons (Fsp3) is 0.214. The Bertz CT molecular complexity index is 595. The van der Waals surface area contributed by atoms with E-state index in [-0.39, 0.29) is 11.7 Å². The van der Waals surface area contributed by atoms with E-state index >= 15 is 0 Å². The van der Waals surface area contributed by atoms with Crippen LogP contribution in [0.2, 0.25) is 4.34 Å². The van der Waals surface area contributed by atoms with Crippen LogP contribution in [0, 0.1) is 6.92 Å². The quantitative estimate of drug-likeness (QED) is 0.908. The summed E-state index contributed by atoms with van der Waals surface area (Å²) in [4.78, 5) is 13.0. The average molecular weight is 296 g/mol. The third kappa shape index (κ3) is 3.72. The zero-order valence-electron chi connectivity index (χ0n) is 10.4. The van der Waals surface area contributed by atoms with Crippen LogP contribution in [-0.4, -0.2) is 17.6 Å². The molecule has 0 saturated carbocycles. The average Bonchev–Trinajstić information content (AvgIpc) is 2.78. The van der Waals surface area contributed by atoms with Crippen molar-refractivity contribution in [1.82, 2.24) is 5.32 Å². The first-order valence-electron chi connectivity index (χ1n) is 5.88. The highest BCUT2D eigenvalue weighted by atomic mass is 35.5. The van der Waals surface area contributed by atoms with Crippen molar-refractivity contribution in [2.24, 2.45) is 0 Å². The van der Waals surface area contributed by atoms with Gasteiger partial charge < -0.3 is 10.4 Å². The lowest BCUT2D eigenvalue weighted by Gasteiger charge is -2.06. The van der Waals surface area contributed by atoms with Gasteiger partial charge in [0.2, 0.25) is 0 Å². The van der Waals surface area contributed by atoms with Crippen molar-refractivity contribution >= 4 is 28.8 Å². The molecule has 1 heterocycles. The van der Waals surface area contributed by atoms with Gasteiger partial charge in [0.05, 0.1) is 4.34 Å². The number of carbonyl (C=O) groups is 1. The van der Waals surface area contributed by atoms with Gasteiger partial charge in [-0.25, -0.2) is 0 Å². The summed E-state index contributed by atoms with van der Waals surface area (Å²) in [6, 6.07) is 8.63. The fourth-order valence-electron chi connectivity index (χ4n) is 1.68. The topological polar surface area (TPSA) is 49.3 Å². The van der Waals surface area contributed by atoms with Gasteiger partial charge in [-0.15, -0.1) is 11.3 Å². The van der Waals surface area contributed by atoms with Crippen LogP contribution in [0.3, 0.4) is 0 Å². The number of carbonyl (C=O) groups excluding carboxylic acids is 1. The summed E-state index contributed by atoms with van der Waals surface area (Å²) in [6.07, 6.45) is 0.764. The highest BCUT2D eigenvalue weighted by Crippen LogP contribution is 2.21. The van der Waals surface area contributed by atoms with Crippen LogP contribution in [0.1, 0.15) is 20.8 Å². The maximum atomic E-state index is 11.9. The molecule has 100 valence electrons. The van der Waals surface area contributed by atoms with Crippen LogP contribution in [0.5, 0.6) is 5.75 Å².